The Morgan fingerprint density at radius 2 is 2.05 bits per heavy atom. The van der Waals surface area contributed by atoms with Gasteiger partial charge in [-0.2, -0.15) is 13.2 Å². The largest absolute Gasteiger partial charge is 0.417 e. The van der Waals surface area contributed by atoms with Gasteiger partial charge >= 0.3 is 6.18 Å². The Labute approximate surface area is 126 Å². The van der Waals surface area contributed by atoms with Crippen LogP contribution >= 0.6 is 11.6 Å². The van der Waals surface area contributed by atoms with Crippen LogP contribution < -0.4 is 5.32 Å². The van der Waals surface area contributed by atoms with E-state index in [1.54, 1.807) is 0 Å². The van der Waals surface area contributed by atoms with E-state index in [9.17, 15) is 18.3 Å². The van der Waals surface area contributed by atoms with E-state index in [2.05, 4.69) is 17.2 Å². The molecule has 21 heavy (non-hydrogen) atoms. The number of anilines is 1. The molecule has 0 amide bonds. The van der Waals surface area contributed by atoms with Crippen molar-refractivity contribution in [2.75, 3.05) is 11.9 Å². The number of pyridine rings is 1. The zero-order chi connectivity index (χ0) is 15.7. The van der Waals surface area contributed by atoms with Gasteiger partial charge in [-0.1, -0.05) is 18.5 Å². The second-order valence-corrected chi connectivity index (χ2v) is 6.22. The lowest BCUT2D eigenvalue weighted by molar-refractivity contribution is -0.137. The number of aliphatic hydroxyl groups is 1. The van der Waals surface area contributed by atoms with Crippen LogP contribution in [-0.4, -0.2) is 22.2 Å². The molecule has 0 aliphatic heterocycles. The van der Waals surface area contributed by atoms with Crippen molar-refractivity contribution in [3.63, 3.8) is 0 Å². The molecule has 0 radical (unpaired) electrons. The summed E-state index contributed by atoms with van der Waals surface area (Å²) in [6, 6.07) is 0.837. The molecule has 1 aliphatic carbocycles. The smallest absolute Gasteiger partial charge is 0.388 e. The SMILES string of the molecule is CC1CCC(O)(CNc2ncc(C(F)(F)F)cc2Cl)CC1. The molecule has 2 rings (SSSR count). The van der Waals surface area contributed by atoms with Gasteiger partial charge in [-0.05, 0) is 37.7 Å². The lowest BCUT2D eigenvalue weighted by Crippen LogP contribution is -2.40. The van der Waals surface area contributed by atoms with Gasteiger partial charge in [0.25, 0.3) is 0 Å². The second-order valence-electron chi connectivity index (χ2n) is 5.81. The highest BCUT2D eigenvalue weighted by molar-refractivity contribution is 6.32. The fraction of sp³-hybridized carbons (Fsp3) is 0.643. The van der Waals surface area contributed by atoms with Crippen LogP contribution in [0.15, 0.2) is 12.3 Å². The summed E-state index contributed by atoms with van der Waals surface area (Å²) in [5.41, 5.74) is -1.73. The fourth-order valence-electron chi connectivity index (χ4n) is 2.45. The molecule has 0 spiro atoms. The standard InChI is InChI=1S/C14H18ClF3N2O/c1-9-2-4-13(21,5-3-9)8-20-12-11(15)6-10(7-19-12)14(16,17)18/h6-7,9,21H,2-5,8H2,1H3,(H,19,20). The molecule has 7 heteroatoms. The van der Waals surface area contributed by atoms with Gasteiger partial charge in [0.2, 0.25) is 0 Å². The lowest BCUT2D eigenvalue weighted by Gasteiger charge is -2.35. The number of hydrogen-bond acceptors (Lipinski definition) is 3. The molecule has 0 atom stereocenters. The van der Waals surface area contributed by atoms with Crippen molar-refractivity contribution < 1.29 is 18.3 Å². The van der Waals surface area contributed by atoms with Gasteiger partial charge in [0.1, 0.15) is 5.82 Å². The maximum absolute atomic E-state index is 12.5. The summed E-state index contributed by atoms with van der Waals surface area (Å²) >= 11 is 5.82. The minimum Gasteiger partial charge on any atom is -0.388 e. The third kappa shape index (κ3) is 4.23. The molecule has 1 aromatic heterocycles. The van der Waals surface area contributed by atoms with Gasteiger partial charge in [0.05, 0.1) is 16.2 Å². The van der Waals surface area contributed by atoms with Gasteiger partial charge in [-0.15, -0.1) is 0 Å². The maximum atomic E-state index is 12.5. The number of aromatic nitrogens is 1. The van der Waals surface area contributed by atoms with Gasteiger partial charge in [-0.3, -0.25) is 0 Å². The molecule has 1 aromatic rings. The van der Waals surface area contributed by atoms with Crippen LogP contribution in [0.3, 0.4) is 0 Å². The summed E-state index contributed by atoms with van der Waals surface area (Å²) in [4.78, 5) is 3.70. The van der Waals surface area contributed by atoms with Crippen LogP contribution in [0.25, 0.3) is 0 Å². The molecule has 0 saturated heterocycles. The van der Waals surface area contributed by atoms with E-state index in [0.29, 0.717) is 18.8 Å². The van der Waals surface area contributed by atoms with E-state index in [0.717, 1.165) is 25.1 Å². The van der Waals surface area contributed by atoms with Crippen molar-refractivity contribution in [3.05, 3.63) is 22.8 Å². The number of nitrogens with one attached hydrogen (secondary N) is 1. The van der Waals surface area contributed by atoms with Crippen molar-refractivity contribution in [1.82, 2.24) is 4.98 Å². The predicted molar refractivity (Wildman–Crippen MR) is 75.3 cm³/mol. The zero-order valence-electron chi connectivity index (χ0n) is 11.7. The Bertz CT molecular complexity index is 499. The highest BCUT2D eigenvalue weighted by Gasteiger charge is 2.33. The highest BCUT2D eigenvalue weighted by atomic mass is 35.5. The average Bonchev–Trinajstić information content (AvgIpc) is 2.40. The average molecular weight is 323 g/mol. The van der Waals surface area contributed by atoms with E-state index in [4.69, 9.17) is 11.6 Å². The molecule has 0 unspecified atom stereocenters. The molecular weight excluding hydrogens is 305 g/mol. The Balaban J connectivity index is 2.00. The van der Waals surface area contributed by atoms with Crippen LogP contribution in [0.5, 0.6) is 0 Å². The van der Waals surface area contributed by atoms with Crippen molar-refractivity contribution in [1.29, 1.82) is 0 Å². The fourth-order valence-corrected chi connectivity index (χ4v) is 2.68. The predicted octanol–water partition coefficient (Wildman–Crippen LogP) is 4.11. The molecule has 1 saturated carbocycles. The minimum atomic E-state index is -4.47. The summed E-state index contributed by atoms with van der Waals surface area (Å²) in [6.45, 7) is 2.37. The lowest BCUT2D eigenvalue weighted by atomic mass is 9.79. The quantitative estimate of drug-likeness (QED) is 0.880. The normalized spacial score (nSPS) is 26.7. The summed E-state index contributed by atoms with van der Waals surface area (Å²) in [7, 11) is 0. The number of rotatable bonds is 3. The van der Waals surface area contributed by atoms with Crippen molar-refractivity contribution in [2.45, 2.75) is 44.4 Å². The summed E-state index contributed by atoms with van der Waals surface area (Å²) in [5, 5.41) is 13.2. The third-order valence-electron chi connectivity index (χ3n) is 3.96. The van der Waals surface area contributed by atoms with E-state index >= 15 is 0 Å². The Kier molecular flexibility index (Phi) is 4.68. The van der Waals surface area contributed by atoms with Gasteiger partial charge in [0, 0.05) is 12.7 Å². The van der Waals surface area contributed by atoms with E-state index in [1.807, 2.05) is 0 Å². The van der Waals surface area contributed by atoms with Crippen LogP contribution in [-0.2, 0) is 6.18 Å². The molecule has 2 N–H and O–H groups in total. The molecule has 0 aromatic carbocycles. The first-order chi connectivity index (χ1) is 9.70. The summed E-state index contributed by atoms with van der Waals surface area (Å²) in [6.07, 6.45) is -0.522. The minimum absolute atomic E-state index is 0.0994. The number of halogens is 4. The number of nitrogens with zero attached hydrogens (tertiary/aromatic N) is 1. The monoisotopic (exact) mass is 322 g/mol. The molecule has 1 fully saturated rings. The Morgan fingerprint density at radius 1 is 1.43 bits per heavy atom. The van der Waals surface area contributed by atoms with Crippen LogP contribution in [0.4, 0.5) is 19.0 Å². The van der Waals surface area contributed by atoms with Gasteiger partial charge < -0.3 is 10.4 Å². The maximum Gasteiger partial charge on any atom is 0.417 e. The molecular formula is C14H18ClF3N2O. The molecule has 3 nitrogen and oxygen atoms in total. The van der Waals surface area contributed by atoms with E-state index in [-0.39, 0.29) is 17.4 Å². The first kappa shape index (κ1) is 16.4. The third-order valence-corrected chi connectivity index (χ3v) is 4.25. The van der Waals surface area contributed by atoms with Gasteiger partial charge in [-0.25, -0.2) is 4.98 Å². The first-order valence-corrected chi connectivity index (χ1v) is 7.26. The van der Waals surface area contributed by atoms with Crippen molar-refractivity contribution >= 4 is 17.4 Å². The highest BCUT2D eigenvalue weighted by Crippen LogP contribution is 2.34. The van der Waals surface area contributed by atoms with Crippen LogP contribution in [0.1, 0.15) is 38.2 Å². The van der Waals surface area contributed by atoms with Crippen molar-refractivity contribution in [3.8, 4) is 0 Å². The number of hydrogen-bond donors (Lipinski definition) is 2. The summed E-state index contributed by atoms with van der Waals surface area (Å²) < 4.78 is 37.5. The molecule has 1 heterocycles. The second kappa shape index (κ2) is 6.01. The van der Waals surface area contributed by atoms with Gasteiger partial charge in [0.15, 0.2) is 0 Å². The molecule has 118 valence electrons. The summed E-state index contributed by atoms with van der Waals surface area (Å²) in [5.74, 6) is 0.759. The topological polar surface area (TPSA) is 45.1 Å². The number of alkyl halides is 3. The molecule has 1 aliphatic rings. The zero-order valence-corrected chi connectivity index (χ0v) is 12.4. The van der Waals surface area contributed by atoms with Crippen molar-refractivity contribution in [2.24, 2.45) is 5.92 Å². The van der Waals surface area contributed by atoms with Crippen LogP contribution in [0, 0.1) is 5.92 Å². The Hall–Kier alpha value is -1.01. The Morgan fingerprint density at radius 3 is 2.57 bits per heavy atom. The molecule has 0 bridgehead atoms. The van der Waals surface area contributed by atoms with E-state index in [1.165, 1.54) is 0 Å². The van der Waals surface area contributed by atoms with E-state index < -0.39 is 17.3 Å². The van der Waals surface area contributed by atoms with Crippen LogP contribution in [0.2, 0.25) is 5.02 Å². The first-order valence-electron chi connectivity index (χ1n) is 6.89.